The summed E-state index contributed by atoms with van der Waals surface area (Å²) >= 11 is 0. The van der Waals surface area contributed by atoms with Crippen LogP contribution >= 0.6 is 0 Å². The number of methoxy groups -OCH3 is 2. The molecule has 1 N–H and O–H groups in total. The van der Waals surface area contributed by atoms with Crippen molar-refractivity contribution in [2.75, 3.05) is 14.2 Å². The molecule has 35 heavy (non-hydrogen) atoms. The van der Waals surface area contributed by atoms with E-state index in [1.807, 2.05) is 19.1 Å². The Morgan fingerprint density at radius 1 is 1.09 bits per heavy atom. The third-order valence-electron chi connectivity index (χ3n) is 5.22. The van der Waals surface area contributed by atoms with Crippen molar-refractivity contribution in [3.63, 3.8) is 0 Å². The number of nitrogens with zero attached hydrogens (tertiary/aromatic N) is 5. The molecule has 0 aliphatic heterocycles. The van der Waals surface area contributed by atoms with Crippen LogP contribution in [0.2, 0.25) is 0 Å². The monoisotopic (exact) mass is 478 g/mol. The number of aryl methyl sites for hydroxylation is 1. The summed E-state index contributed by atoms with van der Waals surface area (Å²) in [6.45, 7) is 2.02. The average molecular weight is 478 g/mol. The van der Waals surface area contributed by atoms with Gasteiger partial charge in [-0.25, -0.2) is 4.79 Å². The molecule has 2 aromatic carbocycles. The first-order valence-electron chi connectivity index (χ1n) is 10.4. The normalized spacial score (nSPS) is 10.7. The molecule has 2 aromatic heterocycles. The Bertz CT molecular complexity index is 1500. The van der Waals surface area contributed by atoms with Gasteiger partial charge in [0.2, 0.25) is 5.82 Å². The molecule has 0 radical (unpaired) electrons. The maximum Gasteiger partial charge on any atom is 0.351 e. The molecular weight excluding hydrogens is 456 g/mol. The second kappa shape index (κ2) is 9.63. The van der Waals surface area contributed by atoms with E-state index in [-0.39, 0.29) is 24.0 Å². The molecule has 1 amide bonds. The van der Waals surface area contributed by atoms with Gasteiger partial charge in [-0.05, 0) is 31.2 Å². The SMILES string of the molecule is COc1ccc(CNC(=O)c2nc(-c3nn(-c4ccc(C)cc4)c(=O)n(C)c3=O)no2)c(OC)c1. The van der Waals surface area contributed by atoms with Crippen LogP contribution in [-0.4, -0.2) is 44.6 Å². The van der Waals surface area contributed by atoms with Gasteiger partial charge in [-0.2, -0.15) is 14.8 Å². The van der Waals surface area contributed by atoms with E-state index in [1.165, 1.54) is 14.2 Å². The second-order valence-electron chi connectivity index (χ2n) is 7.53. The zero-order valence-electron chi connectivity index (χ0n) is 19.4. The largest absolute Gasteiger partial charge is 0.497 e. The van der Waals surface area contributed by atoms with E-state index in [0.29, 0.717) is 22.7 Å². The predicted molar refractivity (Wildman–Crippen MR) is 124 cm³/mol. The number of aromatic nitrogens is 5. The highest BCUT2D eigenvalue weighted by molar-refractivity contribution is 5.89. The summed E-state index contributed by atoms with van der Waals surface area (Å²) in [4.78, 5) is 41.9. The highest BCUT2D eigenvalue weighted by Gasteiger charge is 2.22. The molecule has 180 valence electrons. The number of nitrogens with one attached hydrogen (secondary N) is 1. The Morgan fingerprint density at radius 2 is 1.83 bits per heavy atom. The van der Waals surface area contributed by atoms with E-state index in [2.05, 4.69) is 20.6 Å². The van der Waals surface area contributed by atoms with Crippen LogP contribution in [0.4, 0.5) is 0 Å². The molecule has 12 nitrogen and oxygen atoms in total. The zero-order valence-corrected chi connectivity index (χ0v) is 19.4. The summed E-state index contributed by atoms with van der Waals surface area (Å²) in [5.41, 5.74) is 0.529. The molecule has 12 heteroatoms. The number of carbonyl (C=O) groups is 1. The molecule has 0 saturated heterocycles. The van der Waals surface area contributed by atoms with Crippen molar-refractivity contribution < 1.29 is 18.8 Å². The molecule has 0 bridgehead atoms. The molecule has 0 spiro atoms. The lowest BCUT2D eigenvalue weighted by Gasteiger charge is -2.10. The number of amides is 1. The summed E-state index contributed by atoms with van der Waals surface area (Å²) < 4.78 is 17.5. The Morgan fingerprint density at radius 3 is 2.51 bits per heavy atom. The minimum Gasteiger partial charge on any atom is -0.497 e. The average Bonchev–Trinajstić information content (AvgIpc) is 3.37. The molecular formula is C23H22N6O6. The summed E-state index contributed by atoms with van der Waals surface area (Å²) in [5.74, 6) is -0.116. The van der Waals surface area contributed by atoms with Gasteiger partial charge in [-0.3, -0.25) is 14.2 Å². The number of benzene rings is 2. The standard InChI is InChI=1S/C23H22N6O6/c1-13-5-8-15(9-6-13)29-23(32)28(2)22(31)18(26-29)19-25-21(35-27-19)20(30)24-12-14-7-10-16(33-3)11-17(14)34-4/h5-11H,12H2,1-4H3,(H,24,30). The number of ether oxygens (including phenoxy) is 2. The van der Waals surface area contributed by atoms with Crippen LogP contribution in [0.5, 0.6) is 11.5 Å². The van der Waals surface area contributed by atoms with Gasteiger partial charge in [0, 0.05) is 25.2 Å². The van der Waals surface area contributed by atoms with Gasteiger partial charge in [-0.15, -0.1) is 0 Å². The topological polar surface area (TPSA) is 143 Å². The number of hydrogen-bond donors (Lipinski definition) is 1. The van der Waals surface area contributed by atoms with Gasteiger partial charge in [0.05, 0.1) is 19.9 Å². The zero-order chi connectivity index (χ0) is 25.1. The number of carbonyl (C=O) groups excluding carboxylic acids is 1. The molecule has 0 unspecified atom stereocenters. The lowest BCUT2D eigenvalue weighted by Crippen LogP contribution is -2.40. The lowest BCUT2D eigenvalue weighted by atomic mass is 10.2. The van der Waals surface area contributed by atoms with Gasteiger partial charge in [0.1, 0.15) is 11.5 Å². The number of hydrogen-bond acceptors (Lipinski definition) is 9. The van der Waals surface area contributed by atoms with E-state index >= 15 is 0 Å². The second-order valence-corrected chi connectivity index (χ2v) is 7.53. The van der Waals surface area contributed by atoms with Crippen LogP contribution in [0.3, 0.4) is 0 Å². The molecule has 4 rings (SSSR count). The van der Waals surface area contributed by atoms with Crippen molar-refractivity contribution in [2.45, 2.75) is 13.5 Å². The maximum atomic E-state index is 12.7. The van der Waals surface area contributed by atoms with Crippen LogP contribution in [-0.2, 0) is 13.6 Å². The van der Waals surface area contributed by atoms with Crippen molar-refractivity contribution in [3.05, 3.63) is 80.3 Å². The van der Waals surface area contributed by atoms with Crippen molar-refractivity contribution in [1.29, 1.82) is 0 Å². The first kappa shape index (κ1) is 23.4. The minimum atomic E-state index is -0.728. The fourth-order valence-electron chi connectivity index (χ4n) is 3.23. The summed E-state index contributed by atoms with van der Waals surface area (Å²) in [6.07, 6.45) is 0. The Hall–Kier alpha value is -4.74. The highest BCUT2D eigenvalue weighted by Crippen LogP contribution is 2.24. The fraction of sp³-hybridized carbons (Fsp3) is 0.217. The molecule has 0 atom stereocenters. The first-order valence-corrected chi connectivity index (χ1v) is 10.4. The van der Waals surface area contributed by atoms with E-state index in [1.54, 1.807) is 37.4 Å². The van der Waals surface area contributed by atoms with Gasteiger partial charge in [-0.1, -0.05) is 22.9 Å². The van der Waals surface area contributed by atoms with Crippen LogP contribution in [0.1, 0.15) is 21.8 Å². The third-order valence-corrected chi connectivity index (χ3v) is 5.22. The summed E-state index contributed by atoms with van der Waals surface area (Å²) in [7, 11) is 4.36. The quantitative estimate of drug-likeness (QED) is 0.415. The van der Waals surface area contributed by atoms with Gasteiger partial charge in [0.25, 0.3) is 5.56 Å². The molecule has 4 aromatic rings. The Labute approximate surface area is 198 Å². The highest BCUT2D eigenvalue weighted by atomic mass is 16.5. The van der Waals surface area contributed by atoms with Crippen molar-refractivity contribution >= 4 is 5.91 Å². The van der Waals surface area contributed by atoms with Crippen LogP contribution < -0.4 is 26.0 Å². The molecule has 0 saturated carbocycles. The maximum absolute atomic E-state index is 12.7. The van der Waals surface area contributed by atoms with Crippen molar-refractivity contribution in [3.8, 4) is 28.7 Å². The molecule has 0 aliphatic carbocycles. The fourth-order valence-corrected chi connectivity index (χ4v) is 3.23. The van der Waals surface area contributed by atoms with Crippen molar-refractivity contribution in [2.24, 2.45) is 7.05 Å². The van der Waals surface area contributed by atoms with E-state index in [9.17, 15) is 14.4 Å². The Balaban J connectivity index is 1.60. The van der Waals surface area contributed by atoms with E-state index in [0.717, 1.165) is 14.8 Å². The summed E-state index contributed by atoms with van der Waals surface area (Å²) in [5, 5.41) is 10.5. The summed E-state index contributed by atoms with van der Waals surface area (Å²) in [6, 6.07) is 12.2. The number of rotatable bonds is 7. The van der Waals surface area contributed by atoms with Crippen molar-refractivity contribution in [1.82, 2.24) is 29.8 Å². The van der Waals surface area contributed by atoms with Crippen LogP contribution in [0.25, 0.3) is 17.2 Å². The molecule has 2 heterocycles. The minimum absolute atomic E-state index is 0.113. The predicted octanol–water partition coefficient (Wildman–Crippen LogP) is 1.24. The smallest absolute Gasteiger partial charge is 0.351 e. The first-order chi connectivity index (χ1) is 16.8. The van der Waals surface area contributed by atoms with Gasteiger partial charge >= 0.3 is 17.5 Å². The molecule has 0 fully saturated rings. The van der Waals surface area contributed by atoms with Crippen LogP contribution in [0, 0.1) is 6.92 Å². The van der Waals surface area contributed by atoms with Gasteiger partial charge in [0.15, 0.2) is 5.69 Å². The lowest BCUT2D eigenvalue weighted by molar-refractivity contribution is 0.0906. The molecule has 0 aliphatic rings. The van der Waals surface area contributed by atoms with Crippen LogP contribution in [0.15, 0.2) is 56.6 Å². The van der Waals surface area contributed by atoms with E-state index in [4.69, 9.17) is 14.0 Å². The van der Waals surface area contributed by atoms with Gasteiger partial charge < -0.3 is 19.3 Å². The van der Waals surface area contributed by atoms with E-state index < -0.39 is 17.2 Å². The third kappa shape index (κ3) is 4.67. The Kier molecular flexibility index (Phi) is 6.44.